The van der Waals surface area contributed by atoms with E-state index >= 15 is 0 Å². The van der Waals surface area contributed by atoms with Gasteiger partial charge in [0.15, 0.2) is 0 Å². The third-order valence-corrected chi connectivity index (χ3v) is 6.50. The Balaban J connectivity index is 4.07. The van der Waals surface area contributed by atoms with Crippen LogP contribution in [-0.4, -0.2) is 41.2 Å². The van der Waals surface area contributed by atoms with Gasteiger partial charge in [-0.2, -0.15) is 0 Å². The fourth-order valence-electron chi connectivity index (χ4n) is 2.14. The topological polar surface area (TPSA) is 54.0 Å². The fourth-order valence-corrected chi connectivity index (χ4v) is 5.08. The number of hydrogen-bond acceptors (Lipinski definition) is 5. The molecule has 0 fully saturated rings. The predicted molar refractivity (Wildman–Crippen MR) is 94.2 cm³/mol. The molecule has 0 aliphatic heterocycles. The molecule has 0 aliphatic carbocycles. The molecule has 0 aliphatic rings. The SMILES string of the molecule is C=C(C)C(=O)OCCCCCO[Si](CC(C)C)(OCC)OCC. The largest absolute Gasteiger partial charge is 0.501 e. The maximum Gasteiger partial charge on any atom is 0.501 e. The summed E-state index contributed by atoms with van der Waals surface area (Å²) in [4.78, 5) is 11.2. The van der Waals surface area contributed by atoms with E-state index < -0.39 is 8.80 Å². The van der Waals surface area contributed by atoms with Gasteiger partial charge in [-0.3, -0.25) is 0 Å². The Kier molecular flexibility index (Phi) is 12.3. The summed E-state index contributed by atoms with van der Waals surface area (Å²) in [5.41, 5.74) is 0.436. The molecular formula is C17H34O5Si. The van der Waals surface area contributed by atoms with Gasteiger partial charge in [0.2, 0.25) is 0 Å². The molecule has 0 saturated heterocycles. The monoisotopic (exact) mass is 346 g/mol. The average Bonchev–Trinajstić information content (AvgIpc) is 2.45. The lowest BCUT2D eigenvalue weighted by atomic mass is 10.2. The third kappa shape index (κ3) is 10.7. The number of unbranched alkanes of at least 4 members (excludes halogenated alkanes) is 2. The Hall–Kier alpha value is -0.693. The van der Waals surface area contributed by atoms with Gasteiger partial charge in [0, 0.05) is 31.4 Å². The maximum absolute atomic E-state index is 11.2. The minimum atomic E-state index is -2.56. The summed E-state index contributed by atoms with van der Waals surface area (Å²) < 4.78 is 22.9. The molecule has 0 aromatic carbocycles. The van der Waals surface area contributed by atoms with Crippen molar-refractivity contribution in [3.8, 4) is 0 Å². The highest BCUT2D eigenvalue weighted by Gasteiger charge is 2.41. The van der Waals surface area contributed by atoms with Gasteiger partial charge in [-0.1, -0.05) is 20.4 Å². The van der Waals surface area contributed by atoms with Crippen molar-refractivity contribution in [1.29, 1.82) is 0 Å². The van der Waals surface area contributed by atoms with E-state index in [0.29, 0.717) is 37.9 Å². The molecule has 0 N–H and O–H groups in total. The van der Waals surface area contributed by atoms with Crippen molar-refractivity contribution >= 4 is 14.8 Å². The van der Waals surface area contributed by atoms with E-state index in [9.17, 15) is 4.79 Å². The molecular weight excluding hydrogens is 312 g/mol. The third-order valence-electron chi connectivity index (χ3n) is 3.08. The first-order valence-electron chi connectivity index (χ1n) is 8.61. The molecule has 0 aromatic heterocycles. The number of rotatable bonds is 14. The van der Waals surface area contributed by atoms with Gasteiger partial charge in [0.05, 0.1) is 6.61 Å². The summed E-state index contributed by atoms with van der Waals surface area (Å²) in [5, 5.41) is 0. The Morgan fingerprint density at radius 3 is 2.04 bits per heavy atom. The first kappa shape index (κ1) is 22.3. The molecule has 0 saturated carbocycles. The van der Waals surface area contributed by atoms with Gasteiger partial charge in [0.25, 0.3) is 0 Å². The van der Waals surface area contributed by atoms with Gasteiger partial charge in [-0.25, -0.2) is 4.79 Å². The normalized spacial score (nSPS) is 11.7. The molecule has 0 heterocycles. The van der Waals surface area contributed by atoms with Crippen LogP contribution in [0.4, 0.5) is 0 Å². The highest BCUT2D eigenvalue weighted by molar-refractivity contribution is 6.60. The molecule has 23 heavy (non-hydrogen) atoms. The Bertz CT molecular complexity index is 338. The van der Waals surface area contributed by atoms with Gasteiger partial charge in [0.1, 0.15) is 0 Å². The van der Waals surface area contributed by atoms with Crippen LogP contribution < -0.4 is 0 Å². The van der Waals surface area contributed by atoms with Crippen molar-refractivity contribution in [3.63, 3.8) is 0 Å². The van der Waals surface area contributed by atoms with Crippen LogP contribution in [0, 0.1) is 5.92 Å². The minimum Gasteiger partial charge on any atom is -0.462 e. The van der Waals surface area contributed by atoms with E-state index in [-0.39, 0.29) is 5.97 Å². The first-order valence-corrected chi connectivity index (χ1v) is 10.5. The number of esters is 1. The highest BCUT2D eigenvalue weighted by Crippen LogP contribution is 2.21. The van der Waals surface area contributed by atoms with Gasteiger partial charge < -0.3 is 18.0 Å². The molecule has 0 amide bonds. The molecule has 0 unspecified atom stereocenters. The zero-order valence-corrected chi connectivity index (χ0v) is 16.5. The van der Waals surface area contributed by atoms with Crippen LogP contribution in [0.2, 0.25) is 6.04 Å². The molecule has 5 nitrogen and oxygen atoms in total. The zero-order valence-electron chi connectivity index (χ0n) is 15.5. The highest BCUT2D eigenvalue weighted by atomic mass is 28.4. The van der Waals surface area contributed by atoms with Crippen molar-refractivity contribution in [2.45, 2.75) is 59.9 Å². The van der Waals surface area contributed by atoms with E-state index in [1.807, 2.05) is 13.8 Å². The van der Waals surface area contributed by atoms with E-state index in [1.54, 1.807) is 6.92 Å². The Labute approximate surface area is 142 Å². The van der Waals surface area contributed by atoms with Crippen LogP contribution in [0.25, 0.3) is 0 Å². The Morgan fingerprint density at radius 2 is 1.57 bits per heavy atom. The van der Waals surface area contributed by atoms with E-state index in [2.05, 4.69) is 20.4 Å². The van der Waals surface area contributed by atoms with Crippen LogP contribution in [0.3, 0.4) is 0 Å². The summed E-state index contributed by atoms with van der Waals surface area (Å²) in [6, 6.07) is 0.838. The smallest absolute Gasteiger partial charge is 0.462 e. The van der Waals surface area contributed by atoms with Crippen LogP contribution >= 0.6 is 0 Å². The predicted octanol–water partition coefficient (Wildman–Crippen LogP) is 3.96. The second kappa shape index (κ2) is 12.7. The number of hydrogen-bond donors (Lipinski definition) is 0. The second-order valence-electron chi connectivity index (χ2n) is 5.97. The lowest BCUT2D eigenvalue weighted by molar-refractivity contribution is -0.139. The fraction of sp³-hybridized carbons (Fsp3) is 0.824. The van der Waals surface area contributed by atoms with Crippen LogP contribution in [-0.2, 0) is 22.8 Å². The van der Waals surface area contributed by atoms with E-state index in [0.717, 1.165) is 25.3 Å². The summed E-state index contributed by atoms with van der Waals surface area (Å²) in [5.74, 6) is 0.152. The van der Waals surface area contributed by atoms with E-state index in [4.69, 9.17) is 18.0 Å². The summed E-state index contributed by atoms with van der Waals surface area (Å²) in [6.45, 7) is 15.7. The van der Waals surface area contributed by atoms with E-state index in [1.165, 1.54) is 0 Å². The van der Waals surface area contributed by atoms with Gasteiger partial charge in [-0.15, -0.1) is 0 Å². The second-order valence-corrected chi connectivity index (χ2v) is 8.61. The molecule has 6 heteroatoms. The van der Waals surface area contributed by atoms with Crippen LogP contribution in [0.15, 0.2) is 12.2 Å². The number of carbonyl (C=O) groups is 1. The quantitative estimate of drug-likeness (QED) is 0.206. The zero-order chi connectivity index (χ0) is 17.7. The number of carbonyl (C=O) groups excluding carboxylic acids is 1. The summed E-state index contributed by atoms with van der Waals surface area (Å²) in [7, 11) is -2.56. The first-order chi connectivity index (χ1) is 10.9. The Morgan fingerprint density at radius 1 is 1.00 bits per heavy atom. The minimum absolute atomic E-state index is 0.322. The van der Waals surface area contributed by atoms with Crippen molar-refractivity contribution in [1.82, 2.24) is 0 Å². The van der Waals surface area contributed by atoms with Gasteiger partial charge >= 0.3 is 14.8 Å². The molecule has 0 atom stereocenters. The van der Waals surface area contributed by atoms with Crippen molar-refractivity contribution < 1.29 is 22.8 Å². The number of ether oxygens (including phenoxy) is 1. The molecule has 0 spiro atoms. The average molecular weight is 347 g/mol. The molecule has 0 rings (SSSR count). The van der Waals surface area contributed by atoms with Crippen LogP contribution in [0.5, 0.6) is 0 Å². The van der Waals surface area contributed by atoms with Crippen LogP contribution in [0.1, 0.15) is 53.9 Å². The lowest BCUT2D eigenvalue weighted by Crippen LogP contribution is -2.47. The van der Waals surface area contributed by atoms with Gasteiger partial charge in [-0.05, 0) is 46.0 Å². The standard InChI is InChI=1S/C17H34O5Si/c1-7-20-23(21-8-2,14-15(3)4)22-13-11-9-10-12-19-17(18)16(5)6/h15H,5,7-14H2,1-4,6H3. The van der Waals surface area contributed by atoms with Crippen molar-refractivity contribution in [2.75, 3.05) is 26.4 Å². The lowest BCUT2D eigenvalue weighted by Gasteiger charge is -2.30. The molecule has 0 radical (unpaired) electrons. The van der Waals surface area contributed by atoms with Crippen molar-refractivity contribution in [3.05, 3.63) is 12.2 Å². The summed E-state index contributed by atoms with van der Waals surface area (Å²) >= 11 is 0. The molecule has 136 valence electrons. The molecule has 0 aromatic rings. The summed E-state index contributed by atoms with van der Waals surface area (Å²) in [6.07, 6.45) is 2.66. The molecule has 0 bridgehead atoms. The maximum atomic E-state index is 11.2. The van der Waals surface area contributed by atoms with Crippen molar-refractivity contribution in [2.24, 2.45) is 5.92 Å².